The summed E-state index contributed by atoms with van der Waals surface area (Å²) in [6.45, 7) is 16.5. The third-order valence-electron chi connectivity index (χ3n) is 9.32. The van der Waals surface area contributed by atoms with E-state index in [0.29, 0.717) is 15.6 Å². The van der Waals surface area contributed by atoms with Gasteiger partial charge >= 0.3 is 5.97 Å². The van der Waals surface area contributed by atoms with Crippen LogP contribution in [0.2, 0.25) is 5.02 Å². The number of halogens is 2. The first-order chi connectivity index (χ1) is 24.3. The average molecular weight is 775 g/mol. The fraction of sp³-hybridized carbons (Fsp3) is 0.436. The maximum absolute atomic E-state index is 15.2. The van der Waals surface area contributed by atoms with Gasteiger partial charge in [0.15, 0.2) is 0 Å². The number of ether oxygens (including phenoxy) is 1. The lowest BCUT2D eigenvalue weighted by Crippen LogP contribution is -2.62. The molecule has 1 aliphatic rings. The number of hydrogen-bond acceptors (Lipinski definition) is 6. The molecular formula is C39H49Cl2N3O7S. The van der Waals surface area contributed by atoms with Gasteiger partial charge in [0.25, 0.3) is 5.91 Å². The summed E-state index contributed by atoms with van der Waals surface area (Å²) in [6.07, 6.45) is 5.12. The van der Waals surface area contributed by atoms with Crippen LogP contribution in [0, 0.1) is 11.3 Å². The summed E-state index contributed by atoms with van der Waals surface area (Å²) in [5.74, 6) is -3.24. The Hall–Kier alpha value is -3.93. The zero-order valence-electron chi connectivity index (χ0n) is 30.9. The van der Waals surface area contributed by atoms with Gasteiger partial charge in [0, 0.05) is 40.6 Å². The second-order valence-corrected chi connectivity index (χ2v) is 17.6. The molecule has 282 valence electrons. The van der Waals surface area contributed by atoms with Crippen LogP contribution in [-0.4, -0.2) is 68.1 Å². The molecule has 0 radical (unpaired) electrons. The van der Waals surface area contributed by atoms with Gasteiger partial charge in [0.05, 0.1) is 45.3 Å². The Kier molecular flexibility index (Phi) is 14.5. The van der Waals surface area contributed by atoms with Crippen LogP contribution >= 0.6 is 23.2 Å². The SMILES string of the molecule is C=C(/C=C\C(Cl)=C/C)[C@@H]1[C@@H](c2cccc(Cl)c2)C[C@](C)(CC(=O)Nc2ccc(C(=O)O)cc2OC)C(=O)N1[C@H](CS(=O)(=NC(C)=O)C(C)C)C(C)C. The highest BCUT2D eigenvalue weighted by molar-refractivity contribution is 7.94. The van der Waals surface area contributed by atoms with Gasteiger partial charge in [0.2, 0.25) is 11.8 Å². The summed E-state index contributed by atoms with van der Waals surface area (Å²) in [5, 5.41) is 12.7. The number of nitrogens with one attached hydrogen (secondary N) is 1. The highest BCUT2D eigenvalue weighted by Crippen LogP contribution is 2.49. The molecule has 0 spiro atoms. The molecule has 1 unspecified atom stereocenters. The number of amides is 3. The standard InChI is InChI=1S/C39H49Cl2N3O7S/c1-10-29(40)16-14-25(6)36-31(27-12-11-13-30(41)18-27)20-39(8,21-35(46)42-32-17-15-28(37(47)48)19-34(32)51-9)38(49)44(36)33(23(2)3)22-52(50,24(4)5)43-26(7)45/h10-19,23-24,31,33,36H,6,20-22H2,1-5,7-9H3,(H,42,46)(H,47,48)/b16-14-,29-10+/t31-,33-,36-,39-,52?/m1/s1. The zero-order valence-corrected chi connectivity index (χ0v) is 33.3. The van der Waals surface area contributed by atoms with E-state index < -0.39 is 56.2 Å². The molecule has 1 aliphatic heterocycles. The van der Waals surface area contributed by atoms with Gasteiger partial charge < -0.3 is 20.1 Å². The van der Waals surface area contributed by atoms with Gasteiger partial charge in [-0.05, 0) is 66.8 Å². The van der Waals surface area contributed by atoms with E-state index in [4.69, 9.17) is 27.9 Å². The monoisotopic (exact) mass is 773 g/mol. The first-order valence-corrected chi connectivity index (χ1v) is 19.5. The van der Waals surface area contributed by atoms with Gasteiger partial charge in [-0.1, -0.05) is 88.7 Å². The maximum Gasteiger partial charge on any atom is 0.335 e. The van der Waals surface area contributed by atoms with Crippen molar-refractivity contribution in [3.63, 3.8) is 0 Å². The molecular weight excluding hydrogens is 725 g/mol. The largest absolute Gasteiger partial charge is 0.495 e. The highest BCUT2D eigenvalue weighted by atomic mass is 35.5. The lowest BCUT2D eigenvalue weighted by molar-refractivity contribution is -0.155. The molecule has 0 aliphatic carbocycles. The Morgan fingerprint density at radius 3 is 2.38 bits per heavy atom. The predicted octanol–water partition coefficient (Wildman–Crippen LogP) is 8.47. The molecule has 1 saturated heterocycles. The second-order valence-electron chi connectivity index (χ2n) is 13.9. The van der Waals surface area contributed by atoms with E-state index in [9.17, 15) is 23.7 Å². The van der Waals surface area contributed by atoms with Gasteiger partial charge in [0.1, 0.15) is 5.75 Å². The highest BCUT2D eigenvalue weighted by Gasteiger charge is 2.53. The molecule has 2 N–H and O–H groups in total. The Balaban J connectivity index is 2.27. The third kappa shape index (κ3) is 10.1. The van der Waals surface area contributed by atoms with Crippen molar-refractivity contribution < 1.29 is 33.2 Å². The number of carboxylic acid groups (broad SMARTS) is 1. The van der Waals surface area contributed by atoms with Gasteiger partial charge in [-0.15, -0.1) is 0 Å². The van der Waals surface area contributed by atoms with Crippen molar-refractivity contribution >= 4 is 62.3 Å². The van der Waals surface area contributed by atoms with Crippen LogP contribution in [-0.2, 0) is 24.1 Å². The zero-order chi connectivity index (χ0) is 39.1. The average Bonchev–Trinajstić information content (AvgIpc) is 3.06. The molecule has 52 heavy (non-hydrogen) atoms. The maximum atomic E-state index is 15.2. The van der Waals surface area contributed by atoms with Crippen molar-refractivity contribution in [2.24, 2.45) is 15.7 Å². The van der Waals surface area contributed by atoms with Crippen molar-refractivity contribution in [1.82, 2.24) is 4.90 Å². The van der Waals surface area contributed by atoms with Gasteiger partial charge in [-0.3, -0.25) is 14.4 Å². The molecule has 2 aromatic carbocycles. The quantitative estimate of drug-likeness (QED) is 0.183. The fourth-order valence-electron chi connectivity index (χ4n) is 6.54. The fourth-order valence-corrected chi connectivity index (χ4v) is 8.95. The van der Waals surface area contributed by atoms with Crippen LogP contribution in [0.25, 0.3) is 0 Å². The topological polar surface area (TPSA) is 142 Å². The summed E-state index contributed by atoms with van der Waals surface area (Å²) in [4.78, 5) is 54.6. The van der Waals surface area contributed by atoms with Crippen molar-refractivity contribution in [2.45, 2.75) is 84.6 Å². The number of carboxylic acids is 1. The molecule has 0 aromatic heterocycles. The minimum Gasteiger partial charge on any atom is -0.495 e. The first kappa shape index (κ1) is 42.5. The number of nitrogens with zero attached hydrogens (tertiary/aromatic N) is 2. The van der Waals surface area contributed by atoms with Crippen LogP contribution < -0.4 is 10.1 Å². The summed E-state index contributed by atoms with van der Waals surface area (Å²) in [7, 11) is -1.80. The molecule has 10 nitrogen and oxygen atoms in total. The van der Waals surface area contributed by atoms with Crippen LogP contribution in [0.4, 0.5) is 5.69 Å². The van der Waals surface area contributed by atoms with E-state index in [2.05, 4.69) is 16.3 Å². The van der Waals surface area contributed by atoms with E-state index in [1.807, 2.05) is 32.0 Å². The number of allylic oxidation sites excluding steroid dienone is 3. The number of carbonyl (C=O) groups is 4. The molecule has 0 saturated carbocycles. The Morgan fingerprint density at radius 2 is 1.85 bits per heavy atom. The number of anilines is 1. The summed E-state index contributed by atoms with van der Waals surface area (Å²) in [5.41, 5.74) is 0.274. The third-order valence-corrected chi connectivity index (χ3v) is 12.8. The molecule has 0 bridgehead atoms. The van der Waals surface area contributed by atoms with E-state index in [-0.39, 0.29) is 47.4 Å². The van der Waals surface area contributed by atoms with Crippen LogP contribution in [0.3, 0.4) is 0 Å². The Bertz CT molecular complexity index is 1900. The number of benzene rings is 2. The van der Waals surface area contributed by atoms with Crippen LogP contribution in [0.1, 0.15) is 83.1 Å². The van der Waals surface area contributed by atoms with E-state index in [1.165, 1.54) is 32.2 Å². The molecule has 3 amide bonds. The Labute approximate surface area is 317 Å². The van der Waals surface area contributed by atoms with Crippen molar-refractivity contribution in [2.75, 3.05) is 18.2 Å². The minimum absolute atomic E-state index is 0.0190. The van der Waals surface area contributed by atoms with Crippen molar-refractivity contribution in [3.8, 4) is 5.75 Å². The number of aromatic carboxylic acids is 1. The Morgan fingerprint density at radius 1 is 1.17 bits per heavy atom. The number of hydrogen-bond donors (Lipinski definition) is 2. The molecule has 5 atom stereocenters. The molecule has 1 heterocycles. The van der Waals surface area contributed by atoms with E-state index >= 15 is 4.79 Å². The van der Waals surface area contributed by atoms with Gasteiger partial charge in [-0.25, -0.2) is 9.00 Å². The van der Waals surface area contributed by atoms with Crippen molar-refractivity contribution in [1.29, 1.82) is 0 Å². The first-order valence-electron chi connectivity index (χ1n) is 17.0. The summed E-state index contributed by atoms with van der Waals surface area (Å²) in [6, 6.07) is 10.00. The van der Waals surface area contributed by atoms with Crippen LogP contribution in [0.5, 0.6) is 5.75 Å². The normalized spacial score (nSPS) is 21.2. The molecule has 2 aromatic rings. The minimum atomic E-state index is -3.16. The van der Waals surface area contributed by atoms with Gasteiger partial charge in [-0.2, -0.15) is 4.36 Å². The molecule has 3 rings (SSSR count). The van der Waals surface area contributed by atoms with Crippen LogP contribution in [0.15, 0.2) is 82.2 Å². The van der Waals surface area contributed by atoms with E-state index in [0.717, 1.165) is 5.56 Å². The number of methoxy groups -OCH3 is 1. The van der Waals surface area contributed by atoms with Crippen molar-refractivity contribution in [3.05, 3.63) is 94.0 Å². The number of piperidine rings is 1. The summed E-state index contributed by atoms with van der Waals surface area (Å²) >= 11 is 12.9. The lowest BCUT2D eigenvalue weighted by atomic mass is 9.66. The predicted molar refractivity (Wildman–Crippen MR) is 209 cm³/mol. The van der Waals surface area contributed by atoms with E-state index in [1.54, 1.807) is 56.9 Å². The smallest absolute Gasteiger partial charge is 0.335 e. The molecule has 13 heteroatoms. The summed E-state index contributed by atoms with van der Waals surface area (Å²) < 4.78 is 23.9. The molecule has 1 fully saturated rings. The number of rotatable bonds is 14. The second kappa shape index (κ2) is 17.7. The number of likely N-dealkylation sites (tertiary alicyclic amines) is 1. The lowest BCUT2D eigenvalue weighted by Gasteiger charge is -2.53. The number of carbonyl (C=O) groups excluding carboxylic acids is 3.